The molecule has 4 heteroatoms. The number of ether oxygens (including phenoxy) is 1. The lowest BCUT2D eigenvalue weighted by molar-refractivity contribution is 0.405. The fourth-order valence-corrected chi connectivity index (χ4v) is 3.77. The van der Waals surface area contributed by atoms with Gasteiger partial charge in [-0.2, -0.15) is 0 Å². The molecule has 0 heterocycles. The second-order valence-corrected chi connectivity index (χ2v) is 6.77. The van der Waals surface area contributed by atoms with Gasteiger partial charge in [-0.05, 0) is 53.5 Å². The number of halogens is 2. The summed E-state index contributed by atoms with van der Waals surface area (Å²) >= 11 is 7.05. The normalized spacial score (nSPS) is 10.7. The van der Waals surface area contributed by atoms with E-state index in [-0.39, 0.29) is 0 Å². The SMILES string of the molecule is COc1c(Br)cc(Br)cc1CNCCc1cccc(C)c1. The summed E-state index contributed by atoms with van der Waals surface area (Å²) in [5.74, 6) is 0.890. The molecule has 0 radical (unpaired) electrons. The number of nitrogens with one attached hydrogen (secondary N) is 1. The van der Waals surface area contributed by atoms with Crippen LogP contribution in [-0.4, -0.2) is 13.7 Å². The predicted octanol–water partition coefficient (Wildman–Crippen LogP) is 4.86. The molecule has 0 bridgehead atoms. The zero-order valence-electron chi connectivity index (χ0n) is 12.2. The van der Waals surface area contributed by atoms with E-state index in [2.05, 4.69) is 74.4 Å². The number of methoxy groups -OCH3 is 1. The lowest BCUT2D eigenvalue weighted by atomic mass is 10.1. The van der Waals surface area contributed by atoms with Crippen LogP contribution in [0.2, 0.25) is 0 Å². The van der Waals surface area contributed by atoms with Gasteiger partial charge in [0.1, 0.15) is 5.75 Å². The first-order valence-corrected chi connectivity index (χ1v) is 8.47. The van der Waals surface area contributed by atoms with Gasteiger partial charge in [0.2, 0.25) is 0 Å². The minimum atomic E-state index is 0.785. The standard InChI is InChI=1S/C17H19Br2NO/c1-12-4-3-5-13(8-12)6-7-20-11-14-9-15(18)10-16(19)17(14)21-2/h3-5,8-10,20H,6-7,11H2,1-2H3. The maximum Gasteiger partial charge on any atom is 0.137 e. The van der Waals surface area contributed by atoms with E-state index in [1.165, 1.54) is 11.1 Å². The summed E-state index contributed by atoms with van der Waals surface area (Å²) in [7, 11) is 1.70. The van der Waals surface area contributed by atoms with E-state index < -0.39 is 0 Å². The van der Waals surface area contributed by atoms with Crippen LogP contribution < -0.4 is 10.1 Å². The smallest absolute Gasteiger partial charge is 0.137 e. The molecule has 21 heavy (non-hydrogen) atoms. The first-order valence-electron chi connectivity index (χ1n) is 6.88. The fraction of sp³-hybridized carbons (Fsp3) is 0.294. The number of hydrogen-bond donors (Lipinski definition) is 1. The fourth-order valence-electron chi connectivity index (χ4n) is 2.30. The molecule has 0 aliphatic carbocycles. The van der Waals surface area contributed by atoms with E-state index in [1.807, 2.05) is 6.07 Å². The molecule has 2 aromatic rings. The van der Waals surface area contributed by atoms with E-state index in [0.717, 1.165) is 39.8 Å². The van der Waals surface area contributed by atoms with Gasteiger partial charge in [0.15, 0.2) is 0 Å². The van der Waals surface area contributed by atoms with Crippen molar-refractivity contribution in [2.75, 3.05) is 13.7 Å². The topological polar surface area (TPSA) is 21.3 Å². The molecule has 0 saturated heterocycles. The molecule has 2 nitrogen and oxygen atoms in total. The van der Waals surface area contributed by atoms with E-state index in [9.17, 15) is 0 Å². The molecule has 0 aliphatic heterocycles. The molecule has 1 N–H and O–H groups in total. The Morgan fingerprint density at radius 2 is 1.95 bits per heavy atom. The Kier molecular flexibility index (Phi) is 6.27. The van der Waals surface area contributed by atoms with Crippen molar-refractivity contribution in [2.24, 2.45) is 0 Å². The molecule has 0 fully saturated rings. The Hall–Kier alpha value is -0.840. The summed E-state index contributed by atoms with van der Waals surface area (Å²) in [6.07, 6.45) is 1.03. The zero-order valence-corrected chi connectivity index (χ0v) is 15.4. The van der Waals surface area contributed by atoms with Crippen LogP contribution >= 0.6 is 31.9 Å². The Labute approximate surface area is 143 Å². The van der Waals surface area contributed by atoms with E-state index in [4.69, 9.17) is 4.74 Å². The highest BCUT2D eigenvalue weighted by Crippen LogP contribution is 2.32. The minimum Gasteiger partial charge on any atom is -0.495 e. The van der Waals surface area contributed by atoms with Gasteiger partial charge in [0, 0.05) is 16.6 Å². The molecule has 0 saturated carbocycles. The maximum absolute atomic E-state index is 5.45. The molecular formula is C17H19Br2NO. The van der Waals surface area contributed by atoms with Crippen LogP contribution in [0.1, 0.15) is 16.7 Å². The van der Waals surface area contributed by atoms with Gasteiger partial charge >= 0.3 is 0 Å². The summed E-state index contributed by atoms with van der Waals surface area (Å²) in [5, 5.41) is 3.48. The van der Waals surface area contributed by atoms with Crippen LogP contribution in [0.4, 0.5) is 0 Å². The minimum absolute atomic E-state index is 0.785. The maximum atomic E-state index is 5.45. The quantitative estimate of drug-likeness (QED) is 0.684. The highest BCUT2D eigenvalue weighted by Gasteiger charge is 2.08. The Morgan fingerprint density at radius 1 is 1.14 bits per heavy atom. The number of hydrogen-bond acceptors (Lipinski definition) is 2. The van der Waals surface area contributed by atoms with E-state index >= 15 is 0 Å². The van der Waals surface area contributed by atoms with Crippen LogP contribution in [0.25, 0.3) is 0 Å². The van der Waals surface area contributed by atoms with Gasteiger partial charge in [-0.1, -0.05) is 45.8 Å². The molecule has 0 atom stereocenters. The molecule has 2 aromatic carbocycles. The van der Waals surface area contributed by atoms with Crippen molar-refractivity contribution in [3.8, 4) is 5.75 Å². The van der Waals surface area contributed by atoms with Gasteiger partial charge < -0.3 is 10.1 Å². The number of rotatable bonds is 6. The Morgan fingerprint density at radius 3 is 2.67 bits per heavy atom. The van der Waals surface area contributed by atoms with Crippen molar-refractivity contribution in [1.82, 2.24) is 5.32 Å². The predicted molar refractivity (Wildman–Crippen MR) is 95.0 cm³/mol. The van der Waals surface area contributed by atoms with Gasteiger partial charge in [0.25, 0.3) is 0 Å². The molecule has 0 aromatic heterocycles. The Bertz CT molecular complexity index is 614. The highest BCUT2D eigenvalue weighted by atomic mass is 79.9. The van der Waals surface area contributed by atoms with Crippen molar-refractivity contribution in [3.05, 3.63) is 62.0 Å². The van der Waals surface area contributed by atoms with Crippen molar-refractivity contribution >= 4 is 31.9 Å². The highest BCUT2D eigenvalue weighted by molar-refractivity contribution is 9.11. The lowest BCUT2D eigenvalue weighted by Crippen LogP contribution is -2.17. The third kappa shape index (κ3) is 4.83. The summed E-state index contributed by atoms with van der Waals surface area (Å²) in [6, 6.07) is 12.7. The van der Waals surface area contributed by atoms with Crippen LogP contribution in [-0.2, 0) is 13.0 Å². The summed E-state index contributed by atoms with van der Waals surface area (Å²) in [6.45, 7) is 3.85. The van der Waals surface area contributed by atoms with Gasteiger partial charge in [-0.15, -0.1) is 0 Å². The average Bonchev–Trinajstić information content (AvgIpc) is 2.43. The molecular weight excluding hydrogens is 394 g/mol. The average molecular weight is 413 g/mol. The van der Waals surface area contributed by atoms with Crippen molar-refractivity contribution in [2.45, 2.75) is 19.9 Å². The van der Waals surface area contributed by atoms with Crippen molar-refractivity contribution in [3.63, 3.8) is 0 Å². The first kappa shape index (κ1) is 16.5. The summed E-state index contributed by atoms with van der Waals surface area (Å²) in [4.78, 5) is 0. The largest absolute Gasteiger partial charge is 0.495 e. The van der Waals surface area contributed by atoms with Gasteiger partial charge in [-0.25, -0.2) is 0 Å². The van der Waals surface area contributed by atoms with Crippen LogP contribution in [0, 0.1) is 6.92 Å². The van der Waals surface area contributed by atoms with Crippen molar-refractivity contribution < 1.29 is 4.74 Å². The number of benzene rings is 2. The van der Waals surface area contributed by atoms with Crippen LogP contribution in [0.5, 0.6) is 5.75 Å². The molecule has 2 rings (SSSR count). The second-order valence-electron chi connectivity index (χ2n) is 5.00. The monoisotopic (exact) mass is 411 g/mol. The zero-order chi connectivity index (χ0) is 15.2. The molecule has 0 amide bonds. The van der Waals surface area contributed by atoms with Gasteiger partial charge in [0.05, 0.1) is 11.6 Å². The summed E-state index contributed by atoms with van der Waals surface area (Å²) < 4.78 is 7.47. The lowest BCUT2D eigenvalue weighted by Gasteiger charge is -2.12. The molecule has 0 aliphatic rings. The van der Waals surface area contributed by atoms with Gasteiger partial charge in [-0.3, -0.25) is 0 Å². The van der Waals surface area contributed by atoms with E-state index in [1.54, 1.807) is 7.11 Å². The molecule has 0 unspecified atom stereocenters. The number of aryl methyl sites for hydroxylation is 1. The van der Waals surface area contributed by atoms with Crippen LogP contribution in [0.15, 0.2) is 45.3 Å². The third-order valence-corrected chi connectivity index (χ3v) is 4.32. The third-order valence-electron chi connectivity index (χ3n) is 3.28. The van der Waals surface area contributed by atoms with E-state index in [0.29, 0.717) is 0 Å². The molecule has 112 valence electrons. The summed E-state index contributed by atoms with van der Waals surface area (Å²) in [5.41, 5.74) is 3.82. The second kappa shape index (κ2) is 7.97. The first-order chi connectivity index (χ1) is 10.1. The van der Waals surface area contributed by atoms with Crippen LogP contribution in [0.3, 0.4) is 0 Å². The van der Waals surface area contributed by atoms with Crippen molar-refractivity contribution in [1.29, 1.82) is 0 Å². The molecule has 0 spiro atoms. The Balaban J connectivity index is 1.92.